The molecule has 4 aromatic heterocycles. The maximum atomic E-state index is 7.75. The van der Waals surface area contributed by atoms with Crippen LogP contribution >= 0.6 is 11.3 Å². The molecular formula is C71H48N6O2S. The smallest absolute Gasteiger partial charge is 0.185 e. The largest absolute Gasteiger partial charge is 0.472 e. The highest BCUT2D eigenvalue weighted by Gasteiger charge is 2.45. The number of benzene rings is 10. The Kier molecular flexibility index (Phi) is 11.0. The Balaban J connectivity index is 0.935. The minimum absolute atomic E-state index is 0.0385. The number of hydrogen-bond donors (Lipinski definition) is 0. The number of thiophene rings is 1. The topological polar surface area (TPSA) is 99.7 Å². The number of furan rings is 1. The number of hydrogen-bond acceptors (Lipinski definition) is 9. The Morgan fingerprint density at radius 1 is 0.362 bits per heavy atom. The van der Waals surface area contributed by atoms with Gasteiger partial charge in [0.2, 0.25) is 0 Å². The number of ether oxygens (including phenoxy) is 1. The SMILES string of the molecule is CC(C)(C)c1ccc2oc3c(-c4nc(-c5ccc6c(c5)OC(c5ccccc5)(c5ccccc5)c5cc(-c7nc(-c8ccccc8)nc(-c8ccccc8)n7)ccc5-6)nc(-c5ccc6sc7ccccc7c6c5)n4)cccc3c2c1. The zero-order valence-electron chi connectivity index (χ0n) is 43.9. The first-order chi connectivity index (χ1) is 39.2. The lowest BCUT2D eigenvalue weighted by Gasteiger charge is -2.41. The van der Waals surface area contributed by atoms with Crippen LogP contribution in [0.5, 0.6) is 5.75 Å². The van der Waals surface area contributed by atoms with Gasteiger partial charge in [0.05, 0.1) is 5.56 Å². The molecule has 1 aliphatic heterocycles. The normalized spacial score (nSPS) is 12.9. The second-order valence-corrected chi connectivity index (χ2v) is 22.5. The summed E-state index contributed by atoms with van der Waals surface area (Å²) >= 11 is 1.79. The van der Waals surface area contributed by atoms with E-state index in [1.807, 2.05) is 78.9 Å². The Hall–Kier alpha value is -9.96. The average molecular weight is 1050 g/mol. The van der Waals surface area contributed by atoms with Crippen molar-refractivity contribution in [1.29, 1.82) is 0 Å². The minimum Gasteiger partial charge on any atom is -0.472 e. The summed E-state index contributed by atoms with van der Waals surface area (Å²) in [4.78, 5) is 31.4. The zero-order chi connectivity index (χ0) is 53.5. The second kappa shape index (κ2) is 18.6. The van der Waals surface area contributed by atoms with Crippen LogP contribution in [0.1, 0.15) is 43.0 Å². The van der Waals surface area contributed by atoms with Crippen LogP contribution in [-0.4, -0.2) is 29.9 Å². The van der Waals surface area contributed by atoms with Gasteiger partial charge in [0.15, 0.2) is 40.5 Å². The van der Waals surface area contributed by atoms with E-state index in [1.54, 1.807) is 11.3 Å². The van der Waals surface area contributed by atoms with Gasteiger partial charge in [-0.1, -0.05) is 197 Å². The molecule has 0 unspecified atom stereocenters. The molecule has 0 saturated heterocycles. The van der Waals surface area contributed by atoms with Crippen LogP contribution in [0.2, 0.25) is 0 Å². The zero-order valence-corrected chi connectivity index (χ0v) is 44.7. The highest BCUT2D eigenvalue weighted by atomic mass is 32.1. The van der Waals surface area contributed by atoms with E-state index in [-0.39, 0.29) is 5.41 Å². The number of fused-ring (bicyclic) bond motifs is 9. The van der Waals surface area contributed by atoms with E-state index in [2.05, 4.69) is 178 Å². The lowest BCUT2D eigenvalue weighted by molar-refractivity contribution is 0.152. The summed E-state index contributed by atoms with van der Waals surface area (Å²) in [6.07, 6.45) is 0. The van der Waals surface area contributed by atoms with Crippen molar-refractivity contribution in [2.45, 2.75) is 31.8 Å². The van der Waals surface area contributed by atoms with Crippen molar-refractivity contribution in [2.24, 2.45) is 0 Å². The summed E-state index contributed by atoms with van der Waals surface area (Å²) in [6.45, 7) is 6.70. The molecular weight excluding hydrogens is 1000 g/mol. The molecule has 0 N–H and O–H groups in total. The maximum absolute atomic E-state index is 7.75. The Morgan fingerprint density at radius 3 is 1.51 bits per heavy atom. The Morgan fingerprint density at radius 2 is 0.875 bits per heavy atom. The summed E-state index contributed by atoms with van der Waals surface area (Å²) in [5, 5.41) is 4.42. The van der Waals surface area contributed by atoms with Crippen LogP contribution in [0, 0.1) is 0 Å². The van der Waals surface area contributed by atoms with Gasteiger partial charge in [-0.25, -0.2) is 29.9 Å². The molecule has 0 saturated carbocycles. The molecule has 8 nitrogen and oxygen atoms in total. The molecule has 5 heterocycles. The lowest BCUT2D eigenvalue weighted by atomic mass is 9.74. The van der Waals surface area contributed by atoms with E-state index >= 15 is 0 Å². The van der Waals surface area contributed by atoms with E-state index < -0.39 is 5.60 Å². The minimum atomic E-state index is -1.13. The third-order valence-corrected chi connectivity index (χ3v) is 16.5. The fourth-order valence-electron chi connectivity index (χ4n) is 11.3. The highest BCUT2D eigenvalue weighted by molar-refractivity contribution is 7.25. The molecule has 80 heavy (non-hydrogen) atoms. The molecule has 15 rings (SSSR count). The third-order valence-electron chi connectivity index (χ3n) is 15.4. The second-order valence-electron chi connectivity index (χ2n) is 21.4. The van der Waals surface area contributed by atoms with Gasteiger partial charge in [0, 0.05) is 81.0 Å². The first-order valence-electron chi connectivity index (χ1n) is 26.8. The van der Waals surface area contributed by atoms with Crippen LogP contribution in [0.15, 0.2) is 241 Å². The first-order valence-corrected chi connectivity index (χ1v) is 27.6. The molecule has 10 aromatic carbocycles. The van der Waals surface area contributed by atoms with Crippen molar-refractivity contribution in [3.8, 4) is 85.2 Å². The van der Waals surface area contributed by atoms with Gasteiger partial charge in [0.25, 0.3) is 0 Å². The number of para-hydroxylation sites is 1. The molecule has 0 radical (unpaired) electrons. The van der Waals surface area contributed by atoms with Gasteiger partial charge in [0.1, 0.15) is 16.9 Å². The molecule has 0 aliphatic carbocycles. The standard InChI is InChI=1S/C71H48N6O2S/c1-70(2,3)50-34-37-59-56(42-50)54-28-18-29-55(63(54)78-59)69-76-66(45-33-38-62-57(39-45)53-27-16-17-30-61(53)80-62)75-68(77-69)47-32-36-52-51-35-31-46(67-73-64(43-19-8-4-9-20-43)72-65(74-67)44-21-10-5-11-22-44)40-58(51)71(79-60(52)41-47,48-23-12-6-13-24-48)49-25-14-7-15-26-49/h4-42H,1-3H3. The van der Waals surface area contributed by atoms with Crippen molar-refractivity contribution >= 4 is 53.4 Å². The van der Waals surface area contributed by atoms with Crippen LogP contribution in [0.3, 0.4) is 0 Å². The van der Waals surface area contributed by atoms with Gasteiger partial charge < -0.3 is 9.15 Å². The maximum Gasteiger partial charge on any atom is 0.185 e. The van der Waals surface area contributed by atoms with E-state index in [4.69, 9.17) is 39.1 Å². The summed E-state index contributed by atoms with van der Waals surface area (Å²) in [5.41, 5.74) is 11.5. The van der Waals surface area contributed by atoms with Crippen LogP contribution < -0.4 is 4.74 Å². The van der Waals surface area contributed by atoms with Gasteiger partial charge >= 0.3 is 0 Å². The number of rotatable bonds is 8. The molecule has 380 valence electrons. The number of aromatic nitrogens is 6. The fraction of sp³-hybridized carbons (Fsp3) is 0.0704. The van der Waals surface area contributed by atoms with E-state index in [0.29, 0.717) is 40.7 Å². The van der Waals surface area contributed by atoms with Gasteiger partial charge in [-0.05, 0) is 77.2 Å². The Bertz CT molecular complexity index is 4630. The van der Waals surface area contributed by atoms with Crippen LogP contribution in [0.4, 0.5) is 0 Å². The predicted molar refractivity (Wildman–Crippen MR) is 324 cm³/mol. The molecule has 1 aliphatic rings. The van der Waals surface area contributed by atoms with Crippen molar-refractivity contribution in [3.63, 3.8) is 0 Å². The quantitative estimate of drug-likeness (QED) is 0.148. The summed E-state index contributed by atoms with van der Waals surface area (Å²) in [5.74, 6) is 3.97. The lowest BCUT2D eigenvalue weighted by Crippen LogP contribution is -2.38. The van der Waals surface area contributed by atoms with Gasteiger partial charge in [-0.2, -0.15) is 0 Å². The monoisotopic (exact) mass is 1050 g/mol. The number of nitrogens with zero attached hydrogens (tertiary/aromatic N) is 6. The van der Waals surface area contributed by atoms with Crippen molar-refractivity contribution in [3.05, 3.63) is 259 Å². The molecule has 9 heteroatoms. The van der Waals surface area contributed by atoms with E-state index in [0.717, 1.165) is 88.5 Å². The fourth-order valence-corrected chi connectivity index (χ4v) is 12.4. The van der Waals surface area contributed by atoms with Crippen LogP contribution in [0.25, 0.3) is 122 Å². The summed E-state index contributed by atoms with van der Waals surface area (Å²) in [7, 11) is 0. The van der Waals surface area contributed by atoms with E-state index in [1.165, 1.54) is 20.3 Å². The van der Waals surface area contributed by atoms with E-state index in [9.17, 15) is 0 Å². The molecule has 0 atom stereocenters. The molecule has 0 spiro atoms. The van der Waals surface area contributed by atoms with Gasteiger partial charge in [-0.15, -0.1) is 11.3 Å². The molecule has 0 bridgehead atoms. The Labute approximate surface area is 465 Å². The van der Waals surface area contributed by atoms with Crippen molar-refractivity contribution < 1.29 is 9.15 Å². The molecule has 0 amide bonds. The third kappa shape index (κ3) is 7.96. The molecule has 0 fully saturated rings. The summed E-state index contributed by atoms with van der Waals surface area (Å²) in [6, 6.07) is 81.7. The van der Waals surface area contributed by atoms with Crippen molar-refractivity contribution in [2.75, 3.05) is 0 Å². The highest BCUT2D eigenvalue weighted by Crippen LogP contribution is 2.53. The van der Waals surface area contributed by atoms with Crippen molar-refractivity contribution in [1.82, 2.24) is 29.9 Å². The summed E-state index contributed by atoms with van der Waals surface area (Å²) < 4.78 is 17.0. The molecule has 14 aromatic rings. The van der Waals surface area contributed by atoms with Crippen LogP contribution in [-0.2, 0) is 11.0 Å². The van der Waals surface area contributed by atoms with Gasteiger partial charge in [-0.3, -0.25) is 0 Å². The average Bonchev–Trinajstić information content (AvgIpc) is 4.14. The predicted octanol–water partition coefficient (Wildman–Crippen LogP) is 18.0. The first kappa shape index (κ1) is 47.3.